The third kappa shape index (κ3) is 4.82. The van der Waals surface area contributed by atoms with Gasteiger partial charge in [0.1, 0.15) is 5.75 Å². The third-order valence-corrected chi connectivity index (χ3v) is 8.01. The average Bonchev–Trinajstić information content (AvgIpc) is 3.31. The monoisotopic (exact) mass is 489 g/mol. The van der Waals surface area contributed by atoms with Crippen LogP contribution in [0.4, 0.5) is 0 Å². The third-order valence-electron chi connectivity index (χ3n) is 6.43. The number of rotatable bonds is 7. The maximum atomic E-state index is 13.2. The average molecular weight is 490 g/mol. The van der Waals surface area contributed by atoms with Gasteiger partial charge in [-0.3, -0.25) is 4.90 Å². The fourth-order valence-corrected chi connectivity index (χ4v) is 5.73. The summed E-state index contributed by atoms with van der Waals surface area (Å²) in [5.74, 6) is 0.901. The quantitative estimate of drug-likeness (QED) is 0.392. The predicted octanol–water partition coefficient (Wildman–Crippen LogP) is 3.57. The Morgan fingerprint density at radius 3 is 2.40 bits per heavy atom. The lowest BCUT2D eigenvalue weighted by Crippen LogP contribution is -2.36. The van der Waals surface area contributed by atoms with Crippen LogP contribution < -0.4 is 4.74 Å². The number of hydrogen-bond acceptors (Lipinski definition) is 7. The standard InChI is InChI=1S/C26H27N5O3S/c1-19-7-13-24(14-8-19)35(32,33)18-31-26(27-28-29-31)25(21-9-11-23(34-2)12-10-21)30-16-15-20-5-3-4-6-22(20)17-30/h3-14,25H,15-18H2,1-2H3/t25-/m1/s1. The van der Waals surface area contributed by atoms with Crippen LogP contribution in [0.5, 0.6) is 5.75 Å². The zero-order chi connectivity index (χ0) is 24.4. The van der Waals surface area contributed by atoms with Crippen LogP contribution in [-0.4, -0.2) is 47.2 Å². The number of fused-ring (bicyclic) bond motifs is 1. The first-order valence-electron chi connectivity index (χ1n) is 11.4. The van der Waals surface area contributed by atoms with Crippen molar-refractivity contribution in [3.63, 3.8) is 0 Å². The second-order valence-electron chi connectivity index (χ2n) is 8.76. The van der Waals surface area contributed by atoms with Gasteiger partial charge in [-0.2, -0.15) is 0 Å². The lowest BCUT2D eigenvalue weighted by Gasteiger charge is -2.35. The molecule has 0 saturated carbocycles. The van der Waals surface area contributed by atoms with Gasteiger partial charge in [0.25, 0.3) is 0 Å². The zero-order valence-corrected chi connectivity index (χ0v) is 20.5. The highest BCUT2D eigenvalue weighted by molar-refractivity contribution is 7.90. The zero-order valence-electron chi connectivity index (χ0n) is 19.7. The van der Waals surface area contributed by atoms with Gasteiger partial charge in [-0.1, -0.05) is 54.1 Å². The highest BCUT2D eigenvalue weighted by atomic mass is 32.2. The summed E-state index contributed by atoms with van der Waals surface area (Å²) in [4.78, 5) is 2.54. The number of sulfone groups is 1. The molecule has 35 heavy (non-hydrogen) atoms. The molecule has 1 aromatic heterocycles. The molecule has 0 N–H and O–H groups in total. The van der Waals surface area contributed by atoms with Crippen molar-refractivity contribution in [2.24, 2.45) is 0 Å². The van der Waals surface area contributed by atoms with E-state index in [0.29, 0.717) is 12.4 Å². The van der Waals surface area contributed by atoms with Gasteiger partial charge in [-0.25, -0.2) is 13.1 Å². The summed E-state index contributed by atoms with van der Waals surface area (Å²) in [7, 11) is -2.02. The Labute approximate surface area is 205 Å². The van der Waals surface area contributed by atoms with Crippen LogP contribution in [0.2, 0.25) is 0 Å². The van der Waals surface area contributed by atoms with E-state index < -0.39 is 9.84 Å². The van der Waals surface area contributed by atoms with Crippen molar-refractivity contribution >= 4 is 9.84 Å². The van der Waals surface area contributed by atoms with E-state index in [9.17, 15) is 8.42 Å². The van der Waals surface area contributed by atoms with Crippen molar-refractivity contribution < 1.29 is 13.2 Å². The van der Waals surface area contributed by atoms with Gasteiger partial charge in [0, 0.05) is 13.1 Å². The van der Waals surface area contributed by atoms with Gasteiger partial charge in [0.2, 0.25) is 0 Å². The van der Waals surface area contributed by atoms with E-state index in [1.165, 1.54) is 15.8 Å². The summed E-state index contributed by atoms with van der Waals surface area (Å²) >= 11 is 0. The predicted molar refractivity (Wildman–Crippen MR) is 132 cm³/mol. The molecule has 1 aliphatic heterocycles. The Hall–Kier alpha value is -3.56. The molecule has 3 aromatic carbocycles. The van der Waals surface area contributed by atoms with E-state index in [2.05, 4.69) is 38.6 Å². The van der Waals surface area contributed by atoms with E-state index in [-0.39, 0.29) is 16.8 Å². The van der Waals surface area contributed by atoms with Crippen LogP contribution in [0.15, 0.2) is 77.7 Å². The largest absolute Gasteiger partial charge is 0.497 e. The SMILES string of the molecule is COc1ccc([C@H](c2nnnn2CS(=O)(=O)c2ccc(C)cc2)N2CCc3ccccc3C2)cc1. The number of aryl methyl sites for hydroxylation is 1. The fraction of sp³-hybridized carbons (Fsp3) is 0.269. The number of nitrogens with zero attached hydrogens (tertiary/aromatic N) is 5. The Kier molecular flexibility index (Phi) is 6.36. The topological polar surface area (TPSA) is 90.2 Å². The van der Waals surface area contributed by atoms with Crippen molar-refractivity contribution in [3.05, 3.63) is 101 Å². The molecule has 0 amide bonds. The van der Waals surface area contributed by atoms with Gasteiger partial charge in [0.15, 0.2) is 21.5 Å². The first-order chi connectivity index (χ1) is 16.9. The van der Waals surface area contributed by atoms with Gasteiger partial charge in [-0.15, -0.1) is 5.10 Å². The number of benzene rings is 3. The number of tetrazole rings is 1. The summed E-state index contributed by atoms with van der Waals surface area (Å²) in [6, 6.07) is 22.7. The minimum Gasteiger partial charge on any atom is -0.497 e. The highest BCUT2D eigenvalue weighted by Gasteiger charge is 2.32. The second-order valence-corrected chi connectivity index (χ2v) is 10.7. The molecule has 0 spiro atoms. The minimum atomic E-state index is -3.65. The summed E-state index contributed by atoms with van der Waals surface area (Å²) in [5, 5.41) is 12.3. The van der Waals surface area contributed by atoms with Crippen LogP contribution in [0.1, 0.15) is 34.1 Å². The van der Waals surface area contributed by atoms with Crippen LogP contribution >= 0.6 is 0 Å². The number of hydrogen-bond donors (Lipinski definition) is 0. The molecular weight excluding hydrogens is 462 g/mol. The van der Waals surface area contributed by atoms with E-state index >= 15 is 0 Å². The van der Waals surface area contributed by atoms with Crippen LogP contribution in [0.3, 0.4) is 0 Å². The Balaban J connectivity index is 1.53. The first-order valence-corrected chi connectivity index (χ1v) is 13.1. The molecule has 5 rings (SSSR count). The van der Waals surface area contributed by atoms with E-state index in [0.717, 1.165) is 29.8 Å². The number of methoxy groups -OCH3 is 1. The van der Waals surface area contributed by atoms with Crippen molar-refractivity contribution in [2.75, 3.05) is 13.7 Å². The Bertz CT molecular complexity index is 1420. The Morgan fingerprint density at radius 1 is 0.971 bits per heavy atom. The number of ether oxygens (including phenoxy) is 1. The molecule has 1 aliphatic rings. The molecule has 180 valence electrons. The van der Waals surface area contributed by atoms with Crippen LogP contribution in [-0.2, 0) is 28.7 Å². The summed E-state index contributed by atoms with van der Waals surface area (Å²) < 4.78 is 33.1. The lowest BCUT2D eigenvalue weighted by molar-refractivity contribution is 0.195. The molecule has 8 nitrogen and oxygen atoms in total. The normalized spacial score (nSPS) is 14.9. The summed E-state index contributed by atoms with van der Waals surface area (Å²) in [6.45, 7) is 3.43. The minimum absolute atomic E-state index is 0.248. The molecule has 0 radical (unpaired) electrons. The Morgan fingerprint density at radius 2 is 1.69 bits per heavy atom. The summed E-state index contributed by atoms with van der Waals surface area (Å²) in [5.41, 5.74) is 4.55. The maximum absolute atomic E-state index is 13.2. The van der Waals surface area contributed by atoms with Crippen molar-refractivity contribution in [1.29, 1.82) is 0 Å². The summed E-state index contributed by atoms with van der Waals surface area (Å²) in [6.07, 6.45) is 0.895. The molecule has 0 unspecified atom stereocenters. The molecular formula is C26H27N5O3S. The molecule has 2 heterocycles. The van der Waals surface area contributed by atoms with Gasteiger partial charge < -0.3 is 4.74 Å². The van der Waals surface area contributed by atoms with E-state index in [1.54, 1.807) is 31.4 Å². The van der Waals surface area contributed by atoms with Gasteiger partial charge in [-0.05, 0) is 64.7 Å². The highest BCUT2D eigenvalue weighted by Crippen LogP contribution is 2.33. The molecule has 4 aromatic rings. The van der Waals surface area contributed by atoms with Crippen molar-refractivity contribution in [3.8, 4) is 5.75 Å². The van der Waals surface area contributed by atoms with Crippen LogP contribution in [0, 0.1) is 6.92 Å². The van der Waals surface area contributed by atoms with Crippen LogP contribution in [0.25, 0.3) is 0 Å². The van der Waals surface area contributed by atoms with Gasteiger partial charge in [0.05, 0.1) is 18.0 Å². The molecule has 0 fully saturated rings. The lowest BCUT2D eigenvalue weighted by atomic mass is 9.96. The maximum Gasteiger partial charge on any atom is 0.198 e. The smallest absolute Gasteiger partial charge is 0.198 e. The van der Waals surface area contributed by atoms with E-state index in [4.69, 9.17) is 4.74 Å². The fourth-order valence-electron chi connectivity index (χ4n) is 4.53. The van der Waals surface area contributed by atoms with Gasteiger partial charge >= 0.3 is 0 Å². The molecule has 0 aliphatic carbocycles. The van der Waals surface area contributed by atoms with Crippen molar-refractivity contribution in [2.45, 2.75) is 36.7 Å². The number of aromatic nitrogens is 4. The first kappa shape index (κ1) is 23.2. The molecule has 1 atom stereocenters. The molecule has 0 bridgehead atoms. The second kappa shape index (κ2) is 9.59. The molecule has 9 heteroatoms. The van der Waals surface area contributed by atoms with E-state index in [1.807, 2.05) is 37.3 Å². The molecule has 0 saturated heterocycles. The van der Waals surface area contributed by atoms with Crippen molar-refractivity contribution in [1.82, 2.24) is 25.1 Å².